The first-order chi connectivity index (χ1) is 9.93. The molecule has 0 radical (unpaired) electrons. The van der Waals surface area contributed by atoms with E-state index in [9.17, 15) is 0 Å². The molecule has 2 heterocycles. The van der Waals surface area contributed by atoms with Gasteiger partial charge in [0.2, 0.25) is 0 Å². The van der Waals surface area contributed by atoms with Gasteiger partial charge in [-0.2, -0.15) is 5.10 Å². The largest absolute Gasteiger partial charge is 0.351 e. The molecule has 2 fully saturated rings. The quantitative estimate of drug-likeness (QED) is 0.857. The molecule has 1 aromatic heterocycles. The number of anilines is 1. The number of rotatable bonds is 4. The van der Waals surface area contributed by atoms with Gasteiger partial charge in [0.1, 0.15) is 0 Å². The predicted molar refractivity (Wildman–Crippen MR) is 81.9 cm³/mol. The van der Waals surface area contributed by atoms with Crippen LogP contribution in [0.2, 0.25) is 0 Å². The molecule has 0 aromatic carbocycles. The molecular weight excluding hydrogens is 248 g/mol. The van der Waals surface area contributed by atoms with E-state index in [1.165, 1.54) is 51.4 Å². The van der Waals surface area contributed by atoms with Crippen LogP contribution in [0.1, 0.15) is 51.4 Å². The van der Waals surface area contributed by atoms with Crippen molar-refractivity contribution >= 4 is 5.82 Å². The number of aromatic nitrogens is 2. The van der Waals surface area contributed by atoms with E-state index in [1.807, 2.05) is 6.07 Å². The summed E-state index contributed by atoms with van der Waals surface area (Å²) >= 11 is 0. The maximum Gasteiger partial charge on any atom is 0.151 e. The molecule has 1 aromatic rings. The summed E-state index contributed by atoms with van der Waals surface area (Å²) < 4.78 is 0. The van der Waals surface area contributed by atoms with Crippen LogP contribution in [0.15, 0.2) is 18.3 Å². The van der Waals surface area contributed by atoms with Crippen molar-refractivity contribution in [2.24, 2.45) is 0 Å². The van der Waals surface area contributed by atoms with E-state index in [0.717, 1.165) is 24.9 Å². The van der Waals surface area contributed by atoms with Gasteiger partial charge in [-0.3, -0.25) is 0 Å². The fraction of sp³-hybridized carbons (Fsp3) is 0.750. The van der Waals surface area contributed by atoms with Crippen LogP contribution in [0.3, 0.4) is 0 Å². The summed E-state index contributed by atoms with van der Waals surface area (Å²) in [5.41, 5.74) is 0. The summed E-state index contributed by atoms with van der Waals surface area (Å²) in [5.74, 6) is 1.04. The molecule has 1 N–H and O–H groups in total. The Labute approximate surface area is 122 Å². The van der Waals surface area contributed by atoms with Crippen molar-refractivity contribution in [2.45, 2.75) is 63.5 Å². The molecule has 1 aliphatic carbocycles. The van der Waals surface area contributed by atoms with Gasteiger partial charge in [0.05, 0.1) is 0 Å². The number of nitrogens with one attached hydrogen (secondary N) is 1. The smallest absolute Gasteiger partial charge is 0.151 e. The van der Waals surface area contributed by atoms with Gasteiger partial charge in [0.25, 0.3) is 0 Å². The first kappa shape index (κ1) is 13.8. The second-order valence-corrected chi connectivity index (χ2v) is 6.17. The zero-order valence-corrected chi connectivity index (χ0v) is 12.3. The lowest BCUT2D eigenvalue weighted by molar-refractivity contribution is 0.436. The molecule has 3 rings (SSSR count). The van der Waals surface area contributed by atoms with Crippen LogP contribution in [0, 0.1) is 0 Å². The maximum absolute atomic E-state index is 4.27. The molecule has 1 aliphatic heterocycles. The van der Waals surface area contributed by atoms with E-state index in [-0.39, 0.29) is 0 Å². The average Bonchev–Trinajstić information content (AvgIpc) is 2.81. The van der Waals surface area contributed by atoms with Crippen LogP contribution in [-0.2, 0) is 0 Å². The van der Waals surface area contributed by atoms with Gasteiger partial charge in [-0.05, 0) is 37.8 Å². The minimum atomic E-state index is 0.593. The van der Waals surface area contributed by atoms with Crippen molar-refractivity contribution in [3.8, 4) is 0 Å². The number of nitrogens with zero attached hydrogens (tertiary/aromatic N) is 3. The van der Waals surface area contributed by atoms with Gasteiger partial charge < -0.3 is 10.2 Å². The molecule has 4 heteroatoms. The third-order valence-electron chi connectivity index (χ3n) is 4.73. The van der Waals surface area contributed by atoms with Crippen LogP contribution in [0.5, 0.6) is 0 Å². The summed E-state index contributed by atoms with van der Waals surface area (Å²) in [6, 6.07) is 5.39. The van der Waals surface area contributed by atoms with E-state index < -0.39 is 0 Å². The molecule has 110 valence electrons. The van der Waals surface area contributed by atoms with E-state index >= 15 is 0 Å². The Hall–Kier alpha value is -1.16. The summed E-state index contributed by atoms with van der Waals surface area (Å²) in [6.07, 6.45) is 12.7. The minimum absolute atomic E-state index is 0.593. The zero-order chi connectivity index (χ0) is 13.6. The van der Waals surface area contributed by atoms with Gasteiger partial charge in [-0.15, -0.1) is 5.10 Å². The first-order valence-corrected chi connectivity index (χ1v) is 8.21. The molecule has 0 amide bonds. The third kappa shape index (κ3) is 3.48. The number of hydrogen-bond donors (Lipinski definition) is 1. The van der Waals surface area contributed by atoms with Gasteiger partial charge >= 0.3 is 0 Å². The molecule has 2 aliphatic rings. The van der Waals surface area contributed by atoms with Crippen LogP contribution in [-0.4, -0.2) is 35.4 Å². The van der Waals surface area contributed by atoms with Crippen molar-refractivity contribution in [1.82, 2.24) is 15.5 Å². The Bertz CT molecular complexity index is 387. The fourth-order valence-electron chi connectivity index (χ4n) is 3.58. The lowest BCUT2D eigenvalue weighted by atomic mass is 10.1. The third-order valence-corrected chi connectivity index (χ3v) is 4.73. The standard InChI is InChI=1S/C16H26N4/c1-2-4-8-14(7-3-1)17-13-15-9-6-12-20(15)16-10-5-11-18-19-16/h5,10-11,14-15,17H,1-4,6-9,12-13H2/t15-/m1/s1. The molecule has 0 unspecified atom stereocenters. The highest BCUT2D eigenvalue weighted by Crippen LogP contribution is 2.23. The Morgan fingerprint density at radius 1 is 1.10 bits per heavy atom. The Morgan fingerprint density at radius 2 is 1.95 bits per heavy atom. The second kappa shape index (κ2) is 7.02. The minimum Gasteiger partial charge on any atom is -0.351 e. The Morgan fingerprint density at radius 3 is 2.70 bits per heavy atom. The summed E-state index contributed by atoms with van der Waals surface area (Å²) in [6.45, 7) is 2.22. The molecule has 20 heavy (non-hydrogen) atoms. The molecule has 0 spiro atoms. The molecule has 1 saturated heterocycles. The van der Waals surface area contributed by atoms with E-state index in [1.54, 1.807) is 6.20 Å². The highest BCUT2D eigenvalue weighted by molar-refractivity contribution is 5.39. The van der Waals surface area contributed by atoms with Crippen LogP contribution in [0.25, 0.3) is 0 Å². The SMILES string of the molecule is c1cnnc(N2CCC[C@@H]2CNC2CCCCCC2)c1. The van der Waals surface area contributed by atoms with Crippen molar-refractivity contribution in [3.63, 3.8) is 0 Å². The Balaban J connectivity index is 1.53. The van der Waals surface area contributed by atoms with Gasteiger partial charge in [0.15, 0.2) is 5.82 Å². The fourth-order valence-corrected chi connectivity index (χ4v) is 3.58. The van der Waals surface area contributed by atoms with Crippen LogP contribution < -0.4 is 10.2 Å². The molecule has 1 saturated carbocycles. The van der Waals surface area contributed by atoms with Gasteiger partial charge in [-0.1, -0.05) is 25.7 Å². The second-order valence-electron chi connectivity index (χ2n) is 6.17. The van der Waals surface area contributed by atoms with Crippen molar-refractivity contribution in [2.75, 3.05) is 18.0 Å². The van der Waals surface area contributed by atoms with E-state index in [2.05, 4.69) is 26.5 Å². The highest BCUT2D eigenvalue weighted by Gasteiger charge is 2.26. The van der Waals surface area contributed by atoms with Crippen molar-refractivity contribution in [3.05, 3.63) is 18.3 Å². The van der Waals surface area contributed by atoms with Crippen LogP contribution in [0.4, 0.5) is 5.82 Å². The predicted octanol–water partition coefficient (Wildman–Crippen LogP) is 2.76. The molecule has 4 nitrogen and oxygen atoms in total. The van der Waals surface area contributed by atoms with Gasteiger partial charge in [0, 0.05) is 31.4 Å². The summed E-state index contributed by atoms with van der Waals surface area (Å²) in [5, 5.41) is 12.1. The molecule has 1 atom stereocenters. The lowest BCUT2D eigenvalue weighted by Gasteiger charge is -2.27. The first-order valence-electron chi connectivity index (χ1n) is 8.21. The van der Waals surface area contributed by atoms with E-state index in [4.69, 9.17) is 0 Å². The Kier molecular flexibility index (Phi) is 4.85. The van der Waals surface area contributed by atoms with Crippen LogP contribution >= 0.6 is 0 Å². The lowest BCUT2D eigenvalue weighted by Crippen LogP contribution is -2.42. The molecular formula is C16H26N4. The van der Waals surface area contributed by atoms with Crippen molar-refractivity contribution < 1.29 is 0 Å². The topological polar surface area (TPSA) is 41.1 Å². The summed E-state index contributed by atoms with van der Waals surface area (Å²) in [4.78, 5) is 2.43. The van der Waals surface area contributed by atoms with E-state index in [0.29, 0.717) is 6.04 Å². The normalized spacial score (nSPS) is 24.8. The average molecular weight is 274 g/mol. The monoisotopic (exact) mass is 274 g/mol. The van der Waals surface area contributed by atoms with Crippen molar-refractivity contribution in [1.29, 1.82) is 0 Å². The number of hydrogen-bond acceptors (Lipinski definition) is 4. The summed E-state index contributed by atoms with van der Waals surface area (Å²) in [7, 11) is 0. The maximum atomic E-state index is 4.27. The van der Waals surface area contributed by atoms with Gasteiger partial charge in [-0.25, -0.2) is 0 Å². The molecule has 0 bridgehead atoms. The highest BCUT2D eigenvalue weighted by atomic mass is 15.3. The zero-order valence-electron chi connectivity index (χ0n) is 12.3.